The Morgan fingerprint density at radius 3 is 2.16 bits per heavy atom. The average Bonchev–Trinajstić information content (AvgIpc) is 2.89. The Morgan fingerprint density at radius 1 is 0.842 bits per heavy atom. The van der Waals surface area contributed by atoms with Crippen molar-refractivity contribution < 1.29 is 0 Å². The third kappa shape index (κ3) is 5.10. The molecule has 0 radical (unpaired) electrons. The fraction of sp³-hybridized carbons (Fsp3) is 1.00. The Kier molecular flexibility index (Phi) is 6.70. The van der Waals surface area contributed by atoms with E-state index in [1.54, 1.807) is 0 Å². The van der Waals surface area contributed by atoms with Crippen LogP contribution in [0, 0.1) is 5.41 Å². The second-order valence-corrected chi connectivity index (χ2v) is 7.20. The highest BCUT2D eigenvalue weighted by Crippen LogP contribution is 2.48. The molecule has 2 aliphatic carbocycles. The van der Waals surface area contributed by atoms with Crippen LogP contribution in [0.3, 0.4) is 0 Å². The Bertz CT molecular complexity index is 220. The first-order chi connectivity index (χ1) is 9.35. The zero-order valence-corrected chi connectivity index (χ0v) is 13.2. The van der Waals surface area contributed by atoms with Crippen molar-refractivity contribution in [2.24, 2.45) is 5.41 Å². The first kappa shape index (κ1) is 15.4. The Labute approximate surface area is 120 Å². The predicted octanol–water partition coefficient (Wildman–Crippen LogP) is 5.44. The second-order valence-electron chi connectivity index (χ2n) is 7.20. The number of unbranched alkanes of at least 4 members (excludes halogenated alkanes) is 5. The molecule has 0 amide bonds. The van der Waals surface area contributed by atoms with Gasteiger partial charge in [-0.15, -0.1) is 0 Å². The van der Waals surface area contributed by atoms with Gasteiger partial charge in [0.05, 0.1) is 0 Å². The van der Waals surface area contributed by atoms with E-state index in [9.17, 15) is 0 Å². The quantitative estimate of drug-likeness (QED) is 0.576. The molecule has 0 aromatic rings. The Balaban J connectivity index is 1.47. The van der Waals surface area contributed by atoms with Crippen molar-refractivity contribution in [3.8, 4) is 0 Å². The summed E-state index contributed by atoms with van der Waals surface area (Å²) in [6, 6.07) is 0.849. The average molecular weight is 265 g/mol. The fourth-order valence-corrected chi connectivity index (χ4v) is 4.27. The van der Waals surface area contributed by atoms with Crippen molar-refractivity contribution >= 4 is 0 Å². The predicted molar refractivity (Wildman–Crippen MR) is 84.5 cm³/mol. The van der Waals surface area contributed by atoms with Crippen LogP contribution in [0.5, 0.6) is 0 Å². The maximum atomic E-state index is 3.82. The topological polar surface area (TPSA) is 12.0 Å². The molecular formula is C18H35N. The molecule has 2 aliphatic rings. The van der Waals surface area contributed by atoms with E-state index >= 15 is 0 Å². The minimum atomic E-state index is 0.804. The van der Waals surface area contributed by atoms with Crippen LogP contribution in [0.4, 0.5) is 0 Å². The number of rotatable bonds is 8. The standard InChI is InChI=1S/C18H35N/c1-2-3-4-5-6-9-16-19-17-10-14-18(15-11-17)12-7-8-13-18/h17,19H,2-16H2,1H3. The summed E-state index contributed by atoms with van der Waals surface area (Å²) >= 11 is 0. The number of hydrogen-bond donors (Lipinski definition) is 1. The van der Waals surface area contributed by atoms with Crippen LogP contribution in [-0.4, -0.2) is 12.6 Å². The molecule has 0 atom stereocenters. The lowest BCUT2D eigenvalue weighted by atomic mass is 9.71. The molecule has 0 unspecified atom stereocenters. The summed E-state index contributed by atoms with van der Waals surface area (Å²) in [4.78, 5) is 0. The highest BCUT2D eigenvalue weighted by atomic mass is 14.9. The largest absolute Gasteiger partial charge is 0.314 e. The van der Waals surface area contributed by atoms with Gasteiger partial charge in [-0.25, -0.2) is 0 Å². The highest BCUT2D eigenvalue weighted by Gasteiger charge is 2.37. The van der Waals surface area contributed by atoms with Gasteiger partial charge >= 0.3 is 0 Å². The van der Waals surface area contributed by atoms with Gasteiger partial charge in [0.15, 0.2) is 0 Å². The molecule has 2 rings (SSSR count). The summed E-state index contributed by atoms with van der Waals surface area (Å²) in [6.45, 7) is 3.56. The van der Waals surface area contributed by atoms with E-state index in [4.69, 9.17) is 0 Å². The molecule has 1 spiro atoms. The molecule has 0 saturated heterocycles. The van der Waals surface area contributed by atoms with E-state index in [1.165, 1.54) is 96.4 Å². The maximum Gasteiger partial charge on any atom is 0.00674 e. The SMILES string of the molecule is CCCCCCCCNC1CCC2(CCCC2)CC1. The van der Waals surface area contributed by atoms with E-state index in [2.05, 4.69) is 12.2 Å². The molecule has 0 bridgehead atoms. The molecular weight excluding hydrogens is 230 g/mol. The van der Waals surface area contributed by atoms with Gasteiger partial charge in [-0.2, -0.15) is 0 Å². The smallest absolute Gasteiger partial charge is 0.00674 e. The lowest BCUT2D eigenvalue weighted by molar-refractivity contribution is 0.168. The van der Waals surface area contributed by atoms with Crippen molar-refractivity contribution in [2.75, 3.05) is 6.54 Å². The minimum absolute atomic E-state index is 0.804. The first-order valence-electron chi connectivity index (χ1n) is 9.08. The molecule has 2 saturated carbocycles. The van der Waals surface area contributed by atoms with Crippen molar-refractivity contribution in [2.45, 2.75) is 103 Å². The van der Waals surface area contributed by atoms with Crippen molar-refractivity contribution in [1.82, 2.24) is 5.32 Å². The van der Waals surface area contributed by atoms with Gasteiger partial charge < -0.3 is 5.32 Å². The van der Waals surface area contributed by atoms with E-state index in [1.807, 2.05) is 0 Å². The van der Waals surface area contributed by atoms with Gasteiger partial charge in [0.25, 0.3) is 0 Å². The molecule has 0 aromatic carbocycles. The molecule has 0 aromatic heterocycles. The van der Waals surface area contributed by atoms with Gasteiger partial charge in [-0.3, -0.25) is 0 Å². The summed E-state index contributed by atoms with van der Waals surface area (Å²) in [5.74, 6) is 0. The third-order valence-electron chi connectivity index (χ3n) is 5.67. The lowest BCUT2D eigenvalue weighted by Gasteiger charge is -2.37. The summed E-state index contributed by atoms with van der Waals surface area (Å²) in [7, 11) is 0. The van der Waals surface area contributed by atoms with E-state index in [0.29, 0.717) is 0 Å². The van der Waals surface area contributed by atoms with Crippen molar-refractivity contribution in [3.05, 3.63) is 0 Å². The Hall–Kier alpha value is -0.0400. The monoisotopic (exact) mass is 265 g/mol. The molecule has 1 nitrogen and oxygen atoms in total. The third-order valence-corrected chi connectivity index (χ3v) is 5.67. The summed E-state index contributed by atoms with van der Waals surface area (Å²) < 4.78 is 0. The van der Waals surface area contributed by atoms with Crippen molar-refractivity contribution in [3.63, 3.8) is 0 Å². The van der Waals surface area contributed by atoms with Crippen molar-refractivity contribution in [1.29, 1.82) is 0 Å². The number of hydrogen-bond acceptors (Lipinski definition) is 1. The zero-order valence-electron chi connectivity index (χ0n) is 13.2. The lowest BCUT2D eigenvalue weighted by Crippen LogP contribution is -2.37. The maximum absolute atomic E-state index is 3.82. The van der Waals surface area contributed by atoms with Crippen LogP contribution >= 0.6 is 0 Å². The molecule has 1 N–H and O–H groups in total. The van der Waals surface area contributed by atoms with Crippen LogP contribution in [0.2, 0.25) is 0 Å². The molecule has 19 heavy (non-hydrogen) atoms. The van der Waals surface area contributed by atoms with E-state index in [-0.39, 0.29) is 0 Å². The van der Waals surface area contributed by atoms with E-state index in [0.717, 1.165) is 11.5 Å². The first-order valence-corrected chi connectivity index (χ1v) is 9.08. The second kappa shape index (κ2) is 8.29. The van der Waals surface area contributed by atoms with Gasteiger partial charge in [-0.1, -0.05) is 51.9 Å². The van der Waals surface area contributed by atoms with Gasteiger partial charge in [0.1, 0.15) is 0 Å². The molecule has 0 heterocycles. The number of nitrogens with one attached hydrogen (secondary N) is 1. The highest BCUT2D eigenvalue weighted by molar-refractivity contribution is 4.91. The fourth-order valence-electron chi connectivity index (χ4n) is 4.27. The summed E-state index contributed by atoms with van der Waals surface area (Å²) in [5.41, 5.74) is 0.804. The zero-order chi connectivity index (χ0) is 13.4. The van der Waals surface area contributed by atoms with Gasteiger partial charge in [-0.05, 0) is 56.9 Å². The molecule has 1 heteroatoms. The van der Waals surface area contributed by atoms with Crippen LogP contribution in [0.15, 0.2) is 0 Å². The van der Waals surface area contributed by atoms with Crippen LogP contribution in [-0.2, 0) is 0 Å². The molecule has 0 aliphatic heterocycles. The molecule has 112 valence electrons. The van der Waals surface area contributed by atoms with E-state index < -0.39 is 0 Å². The van der Waals surface area contributed by atoms with Gasteiger partial charge in [0.2, 0.25) is 0 Å². The summed E-state index contributed by atoms with van der Waals surface area (Å²) in [5, 5.41) is 3.82. The molecule has 2 fully saturated rings. The normalized spacial score (nSPS) is 23.2. The minimum Gasteiger partial charge on any atom is -0.314 e. The van der Waals surface area contributed by atoms with Crippen LogP contribution < -0.4 is 5.32 Å². The van der Waals surface area contributed by atoms with Gasteiger partial charge in [0, 0.05) is 6.04 Å². The Morgan fingerprint density at radius 2 is 1.47 bits per heavy atom. The van der Waals surface area contributed by atoms with Crippen LogP contribution in [0.1, 0.15) is 96.8 Å². The summed E-state index contributed by atoms with van der Waals surface area (Å²) in [6.07, 6.45) is 20.6. The van der Waals surface area contributed by atoms with Crippen LogP contribution in [0.25, 0.3) is 0 Å².